The zero-order chi connectivity index (χ0) is 26.1. The van der Waals surface area contributed by atoms with Crippen LogP contribution in [-0.4, -0.2) is 33.4 Å². The first-order valence-electron chi connectivity index (χ1n) is 12.4. The zero-order valence-electron chi connectivity index (χ0n) is 20.6. The number of halogens is 3. The maximum Gasteiger partial charge on any atom is 0.416 e. The van der Waals surface area contributed by atoms with Crippen molar-refractivity contribution in [2.24, 2.45) is 11.3 Å². The van der Waals surface area contributed by atoms with Gasteiger partial charge in [0.05, 0.1) is 28.3 Å². The highest BCUT2D eigenvalue weighted by molar-refractivity contribution is 5.94. The third kappa shape index (κ3) is 5.40. The second-order valence-corrected chi connectivity index (χ2v) is 10.4. The van der Waals surface area contributed by atoms with Crippen molar-refractivity contribution in [2.45, 2.75) is 71.3 Å². The standard InChI is InChI=1S/C27H32F3N3O3/c1-17(2)23-22-20(15-33(23)14-18-6-8-21(9-7-18)27(28,29)30)12-19(13-31-22)24(34)32-16-26(25(35)36)10-4-3-5-11-26/h6-9,12-13,17,23H,3-5,10-11,14-16H2,1-2H3,(H,32,34)(H,35,36)/t23-/m0/s1. The van der Waals surface area contributed by atoms with E-state index in [1.165, 1.54) is 18.3 Å². The van der Waals surface area contributed by atoms with Gasteiger partial charge in [-0.3, -0.25) is 19.5 Å². The first-order valence-corrected chi connectivity index (χ1v) is 12.4. The molecule has 0 unspecified atom stereocenters. The summed E-state index contributed by atoms with van der Waals surface area (Å²) < 4.78 is 38.7. The van der Waals surface area contributed by atoms with Crippen molar-refractivity contribution in [3.05, 3.63) is 64.5 Å². The third-order valence-electron chi connectivity index (χ3n) is 7.46. The van der Waals surface area contributed by atoms with E-state index in [2.05, 4.69) is 29.0 Å². The van der Waals surface area contributed by atoms with Crippen molar-refractivity contribution in [1.29, 1.82) is 0 Å². The van der Waals surface area contributed by atoms with Crippen molar-refractivity contribution < 1.29 is 27.9 Å². The van der Waals surface area contributed by atoms with Crippen molar-refractivity contribution in [3.8, 4) is 0 Å². The lowest BCUT2D eigenvalue weighted by Gasteiger charge is -2.33. The highest BCUT2D eigenvalue weighted by atomic mass is 19.4. The number of hydrogen-bond donors (Lipinski definition) is 2. The molecule has 0 spiro atoms. The number of aromatic nitrogens is 1. The lowest BCUT2D eigenvalue weighted by Crippen LogP contribution is -2.44. The number of nitrogens with zero attached hydrogens (tertiary/aromatic N) is 2. The molecular formula is C27H32F3N3O3. The van der Waals surface area contributed by atoms with Crippen molar-refractivity contribution in [2.75, 3.05) is 6.54 Å². The Morgan fingerprint density at radius 1 is 1.17 bits per heavy atom. The Morgan fingerprint density at radius 2 is 1.83 bits per heavy atom. The molecule has 1 aromatic carbocycles. The Hall–Kier alpha value is -2.94. The van der Waals surface area contributed by atoms with E-state index in [0.29, 0.717) is 31.5 Å². The van der Waals surface area contributed by atoms with Gasteiger partial charge in [0.15, 0.2) is 0 Å². The van der Waals surface area contributed by atoms with Gasteiger partial charge in [0.25, 0.3) is 5.91 Å². The highest BCUT2D eigenvalue weighted by Gasteiger charge is 2.40. The Kier molecular flexibility index (Phi) is 7.41. The average Bonchev–Trinajstić information content (AvgIpc) is 3.20. The summed E-state index contributed by atoms with van der Waals surface area (Å²) >= 11 is 0. The Balaban J connectivity index is 1.47. The minimum Gasteiger partial charge on any atom is -0.481 e. The van der Waals surface area contributed by atoms with Crippen molar-refractivity contribution in [3.63, 3.8) is 0 Å². The molecule has 1 amide bonds. The fourth-order valence-corrected chi connectivity index (χ4v) is 5.50. The maximum atomic E-state index is 12.9. The van der Waals surface area contributed by atoms with Gasteiger partial charge in [0, 0.05) is 25.8 Å². The van der Waals surface area contributed by atoms with Crippen LogP contribution in [0.4, 0.5) is 13.2 Å². The fourth-order valence-electron chi connectivity index (χ4n) is 5.50. The van der Waals surface area contributed by atoms with E-state index in [1.54, 1.807) is 6.07 Å². The highest BCUT2D eigenvalue weighted by Crippen LogP contribution is 2.39. The first-order chi connectivity index (χ1) is 17.0. The number of benzene rings is 1. The van der Waals surface area contributed by atoms with E-state index < -0.39 is 23.1 Å². The number of aliphatic carboxylic acids is 1. The quantitative estimate of drug-likeness (QED) is 0.516. The molecule has 6 nitrogen and oxygen atoms in total. The average molecular weight is 504 g/mol. The number of nitrogens with one attached hydrogen (secondary N) is 1. The van der Waals surface area contributed by atoms with E-state index in [4.69, 9.17) is 0 Å². The van der Waals surface area contributed by atoms with Crippen LogP contribution in [0.25, 0.3) is 0 Å². The van der Waals surface area contributed by atoms with Crippen LogP contribution in [0.15, 0.2) is 36.5 Å². The number of rotatable bonds is 7. The normalized spacial score (nSPS) is 19.8. The Morgan fingerprint density at radius 3 is 2.42 bits per heavy atom. The van der Waals surface area contributed by atoms with Crippen LogP contribution >= 0.6 is 0 Å². The number of carbonyl (C=O) groups excluding carboxylic acids is 1. The van der Waals surface area contributed by atoms with Crippen LogP contribution in [0.3, 0.4) is 0 Å². The number of carboxylic acids is 1. The van der Waals surface area contributed by atoms with Crippen LogP contribution < -0.4 is 5.32 Å². The fraction of sp³-hybridized carbons (Fsp3) is 0.519. The summed E-state index contributed by atoms with van der Waals surface area (Å²) in [4.78, 5) is 31.6. The van der Waals surface area contributed by atoms with Crippen LogP contribution in [-0.2, 0) is 24.1 Å². The summed E-state index contributed by atoms with van der Waals surface area (Å²) in [6.45, 7) is 5.20. The summed E-state index contributed by atoms with van der Waals surface area (Å²) in [5, 5.41) is 12.6. The van der Waals surface area contributed by atoms with Crippen LogP contribution in [0.5, 0.6) is 0 Å². The molecule has 2 N–H and O–H groups in total. The molecular weight excluding hydrogens is 471 g/mol. The largest absolute Gasteiger partial charge is 0.481 e. The zero-order valence-corrected chi connectivity index (χ0v) is 20.6. The van der Waals surface area contributed by atoms with Gasteiger partial charge >= 0.3 is 12.1 Å². The molecule has 0 bridgehead atoms. The smallest absolute Gasteiger partial charge is 0.416 e. The number of carboxylic acid groups (broad SMARTS) is 1. The number of amides is 1. The predicted molar refractivity (Wildman–Crippen MR) is 128 cm³/mol. The molecule has 4 rings (SSSR count). The summed E-state index contributed by atoms with van der Waals surface area (Å²) in [5.74, 6) is -1.01. The molecule has 2 heterocycles. The van der Waals surface area contributed by atoms with E-state index >= 15 is 0 Å². The minimum absolute atomic E-state index is 0.0306. The number of fused-ring (bicyclic) bond motifs is 1. The lowest BCUT2D eigenvalue weighted by atomic mass is 9.74. The van der Waals surface area contributed by atoms with Gasteiger partial charge in [0.1, 0.15) is 0 Å². The van der Waals surface area contributed by atoms with Crippen LogP contribution in [0.1, 0.15) is 84.7 Å². The van der Waals surface area contributed by atoms with Gasteiger partial charge in [-0.1, -0.05) is 45.2 Å². The third-order valence-corrected chi connectivity index (χ3v) is 7.46. The molecule has 1 fully saturated rings. The van der Waals surface area contributed by atoms with E-state index in [0.717, 1.165) is 48.2 Å². The van der Waals surface area contributed by atoms with E-state index in [1.807, 2.05) is 0 Å². The molecule has 1 aromatic heterocycles. The Labute approximate surface area is 208 Å². The summed E-state index contributed by atoms with van der Waals surface area (Å²) in [6, 6.07) is 6.96. The predicted octanol–water partition coefficient (Wildman–Crippen LogP) is 5.58. The van der Waals surface area contributed by atoms with Gasteiger partial charge in [-0.2, -0.15) is 13.2 Å². The van der Waals surface area contributed by atoms with Gasteiger partial charge in [-0.15, -0.1) is 0 Å². The second kappa shape index (κ2) is 10.2. The maximum absolute atomic E-state index is 12.9. The monoisotopic (exact) mass is 503 g/mol. The molecule has 2 aliphatic rings. The van der Waals surface area contributed by atoms with Crippen molar-refractivity contribution >= 4 is 11.9 Å². The lowest BCUT2D eigenvalue weighted by molar-refractivity contribution is -0.150. The van der Waals surface area contributed by atoms with Gasteiger partial charge in [-0.05, 0) is 48.1 Å². The van der Waals surface area contributed by atoms with Crippen LogP contribution in [0, 0.1) is 11.3 Å². The number of pyridine rings is 1. The molecule has 0 saturated heterocycles. The first kappa shape index (κ1) is 26.1. The van der Waals surface area contributed by atoms with E-state index in [-0.39, 0.29) is 24.4 Å². The number of carbonyl (C=O) groups is 2. The molecule has 36 heavy (non-hydrogen) atoms. The molecule has 1 saturated carbocycles. The van der Waals surface area contributed by atoms with E-state index in [9.17, 15) is 27.9 Å². The van der Waals surface area contributed by atoms with Crippen molar-refractivity contribution in [1.82, 2.24) is 15.2 Å². The van der Waals surface area contributed by atoms with Gasteiger partial charge < -0.3 is 10.4 Å². The molecule has 2 aromatic rings. The molecule has 1 aliphatic heterocycles. The second-order valence-electron chi connectivity index (χ2n) is 10.4. The SMILES string of the molecule is CC(C)[C@H]1c2ncc(C(=O)NCC3(C(=O)O)CCCCC3)cc2CN1Cc1ccc(C(F)(F)F)cc1. The molecule has 0 radical (unpaired) electrons. The van der Waals surface area contributed by atoms with Gasteiger partial charge in [-0.25, -0.2) is 0 Å². The molecule has 9 heteroatoms. The minimum atomic E-state index is -4.37. The summed E-state index contributed by atoms with van der Waals surface area (Å²) in [7, 11) is 0. The van der Waals surface area contributed by atoms with Gasteiger partial charge in [0.2, 0.25) is 0 Å². The Bertz CT molecular complexity index is 1110. The molecule has 194 valence electrons. The summed E-state index contributed by atoms with van der Waals surface area (Å²) in [6.07, 6.45) is 0.962. The number of hydrogen-bond acceptors (Lipinski definition) is 4. The van der Waals surface area contributed by atoms with Crippen LogP contribution in [0.2, 0.25) is 0 Å². The number of alkyl halides is 3. The molecule has 1 aliphatic carbocycles. The summed E-state index contributed by atoms with van der Waals surface area (Å²) in [5.41, 5.74) is 1.32. The molecule has 1 atom stereocenters. The topological polar surface area (TPSA) is 82.5 Å².